The summed E-state index contributed by atoms with van der Waals surface area (Å²) < 4.78 is 70.3. The Hall–Kier alpha value is -2.74. The van der Waals surface area contributed by atoms with Crippen molar-refractivity contribution in [3.05, 3.63) is 36.9 Å². The van der Waals surface area contributed by atoms with Gasteiger partial charge in [-0.2, -0.15) is 0 Å². The first kappa shape index (κ1) is 46.3. The Morgan fingerprint density at radius 3 is 1.02 bits per heavy atom. The molecular formula is C35H59NO15. The minimum absolute atomic E-state index is 0.112. The molecule has 0 saturated carbocycles. The number of hydrogen-bond acceptors (Lipinski definition) is 15. The Morgan fingerprint density at radius 2 is 0.745 bits per heavy atom. The van der Waals surface area contributed by atoms with E-state index in [9.17, 15) is 9.59 Å². The van der Waals surface area contributed by atoms with E-state index in [0.717, 1.165) is 11.8 Å². The van der Waals surface area contributed by atoms with E-state index in [4.69, 9.17) is 61.6 Å². The summed E-state index contributed by atoms with van der Waals surface area (Å²) in [7, 11) is 0. The first-order chi connectivity index (χ1) is 25.1. The first-order valence-electron chi connectivity index (χ1n) is 17.3. The van der Waals surface area contributed by atoms with Crippen molar-refractivity contribution in [3.63, 3.8) is 0 Å². The molecule has 0 radical (unpaired) electrons. The van der Waals surface area contributed by atoms with Crippen LogP contribution in [0.5, 0.6) is 5.75 Å². The van der Waals surface area contributed by atoms with E-state index in [0.29, 0.717) is 158 Å². The molecule has 0 atom stereocenters. The van der Waals surface area contributed by atoms with Gasteiger partial charge < -0.3 is 66.9 Å². The number of carbonyl (C=O) groups excluding carboxylic acids is 2. The molecule has 0 fully saturated rings. The summed E-state index contributed by atoms with van der Waals surface area (Å²) in [6.07, 6.45) is 1.11. The normalized spacial score (nSPS) is 11.1. The Kier molecular flexibility index (Phi) is 33.6. The molecule has 0 bridgehead atoms. The molecule has 51 heavy (non-hydrogen) atoms. The minimum Gasteiger partial charge on any atom is -0.491 e. The van der Waals surface area contributed by atoms with Gasteiger partial charge in [0.1, 0.15) is 19.0 Å². The van der Waals surface area contributed by atoms with Crippen molar-refractivity contribution in [2.45, 2.75) is 6.92 Å². The average Bonchev–Trinajstić information content (AvgIpc) is 3.13. The number of hydrogen-bond donors (Lipinski definition) is 1. The number of anilines is 1. The lowest BCUT2D eigenvalue weighted by Crippen LogP contribution is -2.15. The van der Waals surface area contributed by atoms with Gasteiger partial charge in [-0.3, -0.25) is 4.79 Å². The first-order valence-corrected chi connectivity index (χ1v) is 17.3. The Morgan fingerprint density at radius 1 is 0.471 bits per heavy atom. The summed E-state index contributed by atoms with van der Waals surface area (Å²) in [5.41, 5.74) is 0.727. The highest BCUT2D eigenvalue weighted by molar-refractivity contribution is 5.88. The predicted molar refractivity (Wildman–Crippen MR) is 186 cm³/mol. The molecule has 16 nitrogen and oxygen atoms in total. The van der Waals surface area contributed by atoms with Crippen molar-refractivity contribution in [2.24, 2.45) is 0 Å². The zero-order chi connectivity index (χ0) is 36.7. The second-order valence-corrected chi connectivity index (χ2v) is 10.2. The number of esters is 1. The summed E-state index contributed by atoms with van der Waals surface area (Å²) in [4.78, 5) is 21.9. The third-order valence-corrected chi connectivity index (χ3v) is 6.03. The molecule has 0 unspecified atom stereocenters. The molecule has 1 rings (SSSR count). The highest BCUT2D eigenvalue weighted by atomic mass is 16.6. The van der Waals surface area contributed by atoms with E-state index in [2.05, 4.69) is 11.9 Å². The zero-order valence-corrected chi connectivity index (χ0v) is 30.2. The van der Waals surface area contributed by atoms with Gasteiger partial charge in [0.2, 0.25) is 5.91 Å². The summed E-state index contributed by atoms with van der Waals surface area (Å²) in [5.74, 6) is 0.137. The Bertz CT molecular complexity index is 938. The highest BCUT2D eigenvalue weighted by Crippen LogP contribution is 2.15. The topological polar surface area (TPSA) is 166 Å². The van der Waals surface area contributed by atoms with Crippen LogP contribution in [0.25, 0.3) is 0 Å². The molecule has 0 saturated heterocycles. The van der Waals surface area contributed by atoms with Gasteiger partial charge in [0.05, 0.1) is 145 Å². The Labute approximate surface area is 302 Å². The van der Waals surface area contributed by atoms with Crippen LogP contribution in [0.3, 0.4) is 0 Å². The van der Waals surface area contributed by atoms with Crippen LogP contribution in [0.2, 0.25) is 0 Å². The van der Waals surface area contributed by atoms with E-state index in [1.54, 1.807) is 24.3 Å². The predicted octanol–water partition coefficient (Wildman–Crippen LogP) is 1.94. The highest BCUT2D eigenvalue weighted by Gasteiger charge is 2.00. The van der Waals surface area contributed by atoms with Crippen LogP contribution in [0.15, 0.2) is 36.9 Å². The van der Waals surface area contributed by atoms with Gasteiger partial charge in [-0.25, -0.2) is 4.79 Å². The van der Waals surface area contributed by atoms with Crippen LogP contribution in [0, 0.1) is 0 Å². The molecule has 1 amide bonds. The van der Waals surface area contributed by atoms with Gasteiger partial charge in [0, 0.05) is 18.7 Å². The second-order valence-electron chi connectivity index (χ2n) is 10.2. The number of ether oxygens (including phenoxy) is 13. The molecule has 0 aliphatic rings. The molecule has 0 aromatic heterocycles. The van der Waals surface area contributed by atoms with E-state index < -0.39 is 5.97 Å². The van der Waals surface area contributed by atoms with Crippen molar-refractivity contribution >= 4 is 17.6 Å². The maximum absolute atomic E-state index is 11.0. The minimum atomic E-state index is -0.463. The van der Waals surface area contributed by atoms with Crippen LogP contribution in [-0.2, 0) is 66.4 Å². The number of rotatable bonds is 39. The van der Waals surface area contributed by atoms with E-state index >= 15 is 0 Å². The number of carbonyl (C=O) groups is 2. The molecule has 294 valence electrons. The quantitative estimate of drug-likeness (QED) is 0.0592. The third kappa shape index (κ3) is 34.1. The fourth-order valence-corrected chi connectivity index (χ4v) is 3.62. The zero-order valence-electron chi connectivity index (χ0n) is 30.2. The van der Waals surface area contributed by atoms with Gasteiger partial charge >= 0.3 is 5.97 Å². The monoisotopic (exact) mass is 733 g/mol. The van der Waals surface area contributed by atoms with Crippen LogP contribution in [-0.4, -0.2) is 170 Å². The standard InChI is InChI=1S/C35H59NO15/c1-3-35(38)51-31-29-49-27-25-47-23-21-45-19-17-43-15-13-41-11-9-39-8-10-40-12-14-42-16-18-44-20-22-46-24-26-48-28-30-50-34-6-4-33(5-7-34)36-32(2)37/h3-7H,1,8-31H2,2H3,(H,36,37). The van der Waals surface area contributed by atoms with Gasteiger partial charge in [0.25, 0.3) is 0 Å². The van der Waals surface area contributed by atoms with E-state index in [1.807, 2.05) is 0 Å². The number of amides is 1. The van der Waals surface area contributed by atoms with E-state index in [1.165, 1.54) is 6.92 Å². The lowest BCUT2D eigenvalue weighted by molar-refractivity contribution is -0.139. The second kappa shape index (κ2) is 37.0. The van der Waals surface area contributed by atoms with Crippen LogP contribution in [0.1, 0.15) is 6.92 Å². The largest absolute Gasteiger partial charge is 0.491 e. The van der Waals surface area contributed by atoms with Crippen LogP contribution >= 0.6 is 0 Å². The summed E-state index contributed by atoms with van der Waals surface area (Å²) >= 11 is 0. The lowest BCUT2D eigenvalue weighted by atomic mass is 10.3. The van der Waals surface area contributed by atoms with Gasteiger partial charge in [-0.05, 0) is 24.3 Å². The van der Waals surface area contributed by atoms with Gasteiger partial charge in [-0.1, -0.05) is 6.58 Å². The molecule has 1 aromatic rings. The molecule has 0 heterocycles. The SMILES string of the molecule is C=CC(=O)OCCOCCOCCOCCOCCOCCOCCOCCOCCOCCOCCOCCOc1ccc(NC(C)=O)cc1. The molecule has 1 aromatic carbocycles. The van der Waals surface area contributed by atoms with Crippen molar-refractivity contribution in [1.82, 2.24) is 0 Å². The summed E-state index contributed by atoms with van der Waals surface area (Å²) in [6, 6.07) is 7.16. The molecule has 1 N–H and O–H groups in total. The van der Waals surface area contributed by atoms with Crippen LogP contribution in [0.4, 0.5) is 5.69 Å². The molecule has 0 aliphatic carbocycles. The average molecular weight is 734 g/mol. The lowest BCUT2D eigenvalue weighted by Gasteiger charge is -2.09. The summed E-state index contributed by atoms with van der Waals surface area (Å²) in [6.45, 7) is 15.7. The smallest absolute Gasteiger partial charge is 0.330 e. The number of benzene rings is 1. The molecular weight excluding hydrogens is 674 g/mol. The fourth-order valence-electron chi connectivity index (χ4n) is 3.62. The van der Waals surface area contributed by atoms with Crippen molar-refractivity contribution in [3.8, 4) is 5.75 Å². The third-order valence-electron chi connectivity index (χ3n) is 6.03. The van der Waals surface area contributed by atoms with E-state index in [-0.39, 0.29) is 12.5 Å². The van der Waals surface area contributed by atoms with Crippen molar-refractivity contribution in [2.75, 3.05) is 164 Å². The van der Waals surface area contributed by atoms with Gasteiger partial charge in [0.15, 0.2) is 0 Å². The van der Waals surface area contributed by atoms with Crippen molar-refractivity contribution in [1.29, 1.82) is 0 Å². The maximum atomic E-state index is 11.0. The molecule has 0 spiro atoms. The number of nitrogens with one attached hydrogen (secondary N) is 1. The van der Waals surface area contributed by atoms with Gasteiger partial charge in [-0.15, -0.1) is 0 Å². The molecule has 16 heteroatoms. The summed E-state index contributed by atoms with van der Waals surface area (Å²) in [5, 5.41) is 2.71. The van der Waals surface area contributed by atoms with Crippen molar-refractivity contribution < 1.29 is 71.2 Å². The fraction of sp³-hybridized carbons (Fsp3) is 0.714. The Balaban J connectivity index is 1.65. The van der Waals surface area contributed by atoms with Crippen LogP contribution < -0.4 is 10.1 Å². The maximum Gasteiger partial charge on any atom is 0.330 e. The molecule has 0 aliphatic heterocycles.